The van der Waals surface area contributed by atoms with Crippen molar-refractivity contribution in [3.63, 3.8) is 0 Å². The Morgan fingerprint density at radius 2 is 1.20 bits per heavy atom. The van der Waals surface area contributed by atoms with Crippen molar-refractivity contribution < 1.29 is 19.1 Å². The van der Waals surface area contributed by atoms with Gasteiger partial charge in [0.25, 0.3) is 0 Å². The van der Waals surface area contributed by atoms with Crippen LogP contribution in [0.4, 0.5) is 0 Å². The van der Waals surface area contributed by atoms with Gasteiger partial charge >= 0.3 is 6.80 Å². The molecule has 236 valence electrons. The summed E-state index contributed by atoms with van der Waals surface area (Å²) in [6.45, 7) is 6.51. The molecule has 0 radical (unpaired) electrons. The number of hydrogen-bond donors (Lipinski definition) is 3. The molecule has 5 unspecified atom stereocenters. The Hall–Kier alpha value is -2.35. The van der Waals surface area contributed by atoms with E-state index in [1.54, 1.807) is 0 Å². The van der Waals surface area contributed by atoms with Gasteiger partial charge in [-0.1, -0.05) is 142 Å². The molecular formula is C36H46NO4PS2. The molecule has 1 fully saturated rings. The van der Waals surface area contributed by atoms with Crippen molar-refractivity contribution >= 4 is 30.8 Å². The zero-order chi connectivity index (χ0) is 31.8. The van der Waals surface area contributed by atoms with Crippen LogP contribution in [-0.2, 0) is 9.09 Å². The van der Waals surface area contributed by atoms with E-state index in [2.05, 4.69) is 38.3 Å². The van der Waals surface area contributed by atoms with Gasteiger partial charge in [0.1, 0.15) is 0 Å². The SMILES string of the molecule is CCN(CC)CC.O=P1(O)OC(c2ccccc2)CC(c2ccccc2)S1.OC(CC(S)c1ccccc1)c1ccccc1. The highest BCUT2D eigenvalue weighted by Crippen LogP contribution is 2.69. The standard InChI is InChI=1S/C15H15O3PS.C15H16OS.C6H15N/c16-19(17)18-14(12-7-3-1-4-8-12)11-15(20-19)13-9-5-2-6-10-13;16-14(12-7-3-1-4-8-12)11-15(17)13-9-5-2-6-10-13;1-4-7(5-2)6-3/h1-10,14-15H,11H2,(H,16,17);1-10,14-17H,11H2;4-6H2,1-3H3. The normalized spacial score (nSPS) is 20.8. The monoisotopic (exact) mass is 651 g/mol. The molecule has 44 heavy (non-hydrogen) atoms. The first-order chi connectivity index (χ1) is 21.3. The number of hydrogen-bond acceptors (Lipinski definition) is 6. The third-order valence-electron chi connectivity index (χ3n) is 7.45. The van der Waals surface area contributed by atoms with Crippen LogP contribution in [0.2, 0.25) is 0 Å². The van der Waals surface area contributed by atoms with E-state index in [0.717, 1.165) is 33.6 Å². The third kappa shape index (κ3) is 12.2. The summed E-state index contributed by atoms with van der Waals surface area (Å²) in [6, 6.07) is 39.2. The Bertz CT molecular complexity index is 1260. The fourth-order valence-corrected chi connectivity index (χ4v) is 8.72. The van der Waals surface area contributed by atoms with Gasteiger partial charge in [-0.3, -0.25) is 4.52 Å². The number of aliphatic hydroxyl groups excluding tert-OH is 1. The van der Waals surface area contributed by atoms with E-state index < -0.39 is 12.9 Å². The molecule has 5 atom stereocenters. The highest BCUT2D eigenvalue weighted by atomic mass is 32.7. The molecule has 2 N–H and O–H groups in total. The first kappa shape index (κ1) is 36.1. The fraction of sp³-hybridized carbons (Fsp3) is 0.333. The minimum atomic E-state index is -3.61. The van der Waals surface area contributed by atoms with Gasteiger partial charge in [-0.05, 0) is 66.1 Å². The van der Waals surface area contributed by atoms with Crippen LogP contribution in [0, 0.1) is 0 Å². The zero-order valence-corrected chi connectivity index (χ0v) is 28.5. The lowest BCUT2D eigenvalue weighted by molar-refractivity contribution is 0.167. The minimum Gasteiger partial charge on any atom is -0.388 e. The Kier molecular flexibility index (Phi) is 15.8. The quantitative estimate of drug-likeness (QED) is 0.124. The Morgan fingerprint density at radius 1 is 0.773 bits per heavy atom. The van der Waals surface area contributed by atoms with Crippen LogP contribution in [0.25, 0.3) is 0 Å². The second kappa shape index (κ2) is 19.2. The lowest BCUT2D eigenvalue weighted by Gasteiger charge is -2.32. The number of rotatable bonds is 9. The predicted molar refractivity (Wildman–Crippen MR) is 189 cm³/mol. The molecule has 0 aliphatic carbocycles. The number of nitrogens with zero attached hydrogens (tertiary/aromatic N) is 1. The Labute approximate surface area is 273 Å². The molecule has 5 nitrogen and oxygen atoms in total. The molecule has 0 bridgehead atoms. The second-order valence-electron chi connectivity index (χ2n) is 10.4. The molecule has 0 amide bonds. The van der Waals surface area contributed by atoms with Crippen molar-refractivity contribution in [1.82, 2.24) is 4.90 Å². The average molecular weight is 652 g/mol. The summed E-state index contributed by atoms with van der Waals surface area (Å²) in [4.78, 5) is 12.3. The van der Waals surface area contributed by atoms with Crippen LogP contribution in [0.5, 0.6) is 0 Å². The van der Waals surface area contributed by atoms with E-state index in [-0.39, 0.29) is 16.6 Å². The van der Waals surface area contributed by atoms with Crippen LogP contribution in [0.15, 0.2) is 121 Å². The van der Waals surface area contributed by atoms with Crippen LogP contribution < -0.4 is 0 Å². The van der Waals surface area contributed by atoms with Crippen LogP contribution in [-0.4, -0.2) is 34.5 Å². The van der Waals surface area contributed by atoms with Crippen molar-refractivity contribution in [3.05, 3.63) is 144 Å². The summed E-state index contributed by atoms with van der Waals surface area (Å²) in [5, 5.41) is 10.1. The van der Waals surface area contributed by atoms with Crippen molar-refractivity contribution in [2.75, 3.05) is 19.6 Å². The molecule has 8 heteroatoms. The van der Waals surface area contributed by atoms with E-state index in [0.29, 0.717) is 12.8 Å². The number of thiol groups is 1. The topological polar surface area (TPSA) is 70.0 Å². The lowest BCUT2D eigenvalue weighted by atomic mass is 10.0. The summed E-state index contributed by atoms with van der Waals surface area (Å²) >= 11 is 5.58. The van der Waals surface area contributed by atoms with E-state index in [1.165, 1.54) is 19.6 Å². The minimum absolute atomic E-state index is 0.0222. The van der Waals surface area contributed by atoms with Gasteiger partial charge < -0.3 is 14.9 Å². The van der Waals surface area contributed by atoms with Gasteiger partial charge in [0.05, 0.1) is 12.2 Å². The maximum atomic E-state index is 12.1. The summed E-state index contributed by atoms with van der Waals surface area (Å²) in [7, 11) is 0. The average Bonchev–Trinajstić information content (AvgIpc) is 3.07. The van der Waals surface area contributed by atoms with Gasteiger partial charge in [0.15, 0.2) is 0 Å². The fourth-order valence-electron chi connectivity index (χ4n) is 4.86. The van der Waals surface area contributed by atoms with Gasteiger partial charge in [0, 0.05) is 10.5 Å². The molecule has 0 saturated carbocycles. The van der Waals surface area contributed by atoms with Gasteiger partial charge in [-0.25, -0.2) is 4.57 Å². The second-order valence-corrected chi connectivity index (χ2v) is 15.0. The predicted octanol–water partition coefficient (Wildman–Crippen LogP) is 9.85. The smallest absolute Gasteiger partial charge is 0.387 e. The number of benzene rings is 4. The van der Waals surface area contributed by atoms with Gasteiger partial charge in [-0.2, -0.15) is 12.6 Å². The van der Waals surface area contributed by atoms with E-state index >= 15 is 0 Å². The molecule has 0 aromatic heterocycles. The Morgan fingerprint density at radius 3 is 1.66 bits per heavy atom. The molecule has 4 aromatic carbocycles. The lowest BCUT2D eigenvalue weighted by Crippen LogP contribution is -2.21. The molecule has 1 heterocycles. The van der Waals surface area contributed by atoms with E-state index in [1.807, 2.05) is 121 Å². The van der Waals surface area contributed by atoms with Crippen molar-refractivity contribution in [3.8, 4) is 0 Å². The molecule has 5 rings (SSSR count). The van der Waals surface area contributed by atoms with E-state index in [4.69, 9.17) is 4.52 Å². The first-order valence-electron chi connectivity index (χ1n) is 15.2. The molecule has 1 aliphatic heterocycles. The Balaban J connectivity index is 0.000000201. The molecule has 4 aromatic rings. The molecule has 1 aliphatic rings. The summed E-state index contributed by atoms with van der Waals surface area (Å²) in [5.41, 5.74) is 4.10. The molecular weight excluding hydrogens is 606 g/mol. The third-order valence-corrected chi connectivity index (χ3v) is 11.3. The molecule has 1 saturated heterocycles. The highest BCUT2D eigenvalue weighted by Gasteiger charge is 2.38. The maximum Gasteiger partial charge on any atom is 0.387 e. The molecule has 0 spiro atoms. The summed E-state index contributed by atoms with van der Waals surface area (Å²) in [5.74, 6) is 0. The van der Waals surface area contributed by atoms with E-state index in [9.17, 15) is 14.6 Å². The highest BCUT2D eigenvalue weighted by molar-refractivity contribution is 8.55. The van der Waals surface area contributed by atoms with Crippen molar-refractivity contribution in [2.45, 2.75) is 56.3 Å². The van der Waals surface area contributed by atoms with Crippen molar-refractivity contribution in [2.24, 2.45) is 0 Å². The number of aliphatic hydroxyl groups is 1. The summed E-state index contributed by atoms with van der Waals surface area (Å²) in [6.07, 6.45) is 0.526. The van der Waals surface area contributed by atoms with Gasteiger partial charge in [-0.15, -0.1) is 0 Å². The largest absolute Gasteiger partial charge is 0.388 e. The first-order valence-corrected chi connectivity index (χ1v) is 18.8. The zero-order valence-electron chi connectivity index (χ0n) is 25.9. The summed E-state index contributed by atoms with van der Waals surface area (Å²) < 4.78 is 17.5. The van der Waals surface area contributed by atoms with Crippen LogP contribution >= 0.6 is 30.8 Å². The van der Waals surface area contributed by atoms with Gasteiger partial charge in [0.2, 0.25) is 0 Å². The van der Waals surface area contributed by atoms with Crippen LogP contribution in [0.1, 0.15) is 78.6 Å². The maximum absolute atomic E-state index is 12.1. The van der Waals surface area contributed by atoms with Crippen LogP contribution in [0.3, 0.4) is 0 Å². The van der Waals surface area contributed by atoms with Crippen molar-refractivity contribution in [1.29, 1.82) is 0 Å².